The van der Waals surface area contributed by atoms with Crippen LogP contribution >= 0.6 is 0 Å². The van der Waals surface area contributed by atoms with Gasteiger partial charge < -0.3 is 13.7 Å². The van der Waals surface area contributed by atoms with Crippen molar-refractivity contribution in [2.45, 2.75) is 0 Å². The van der Waals surface area contributed by atoms with Gasteiger partial charge in [-0.3, -0.25) is 9.59 Å². The molecule has 3 aromatic carbocycles. The molecule has 2 aromatic heterocycles. The molecule has 0 unspecified atom stereocenters. The molecular weight excluding hydrogens is 378 g/mol. The molecule has 0 amide bonds. The van der Waals surface area contributed by atoms with Gasteiger partial charge in [0, 0.05) is 23.3 Å². The summed E-state index contributed by atoms with van der Waals surface area (Å²) >= 11 is 0. The molecule has 0 N–H and O–H groups in total. The van der Waals surface area contributed by atoms with Gasteiger partial charge in [0.05, 0.1) is 23.6 Å². The van der Waals surface area contributed by atoms with E-state index in [0.29, 0.717) is 27.7 Å². The van der Waals surface area contributed by atoms with E-state index in [2.05, 4.69) is 0 Å². The smallest absolute Gasteiger partial charge is 0.200 e. The average Bonchev–Trinajstić information content (AvgIpc) is 2.80. The number of rotatable bonds is 3. The van der Waals surface area contributed by atoms with Crippen molar-refractivity contribution < 1.29 is 9.15 Å². The van der Waals surface area contributed by atoms with E-state index >= 15 is 0 Å². The molecule has 0 aliphatic heterocycles. The van der Waals surface area contributed by atoms with Crippen LogP contribution in [0.25, 0.3) is 38.9 Å². The lowest BCUT2D eigenvalue weighted by Crippen LogP contribution is -2.12. The van der Waals surface area contributed by atoms with Crippen molar-refractivity contribution in [3.63, 3.8) is 0 Å². The van der Waals surface area contributed by atoms with Gasteiger partial charge in [-0.1, -0.05) is 30.3 Å². The summed E-state index contributed by atoms with van der Waals surface area (Å²) in [6.45, 7) is 0. The number of ether oxygens (including phenoxy) is 1. The second-order valence-corrected chi connectivity index (χ2v) is 6.93. The fourth-order valence-corrected chi connectivity index (χ4v) is 3.65. The van der Waals surface area contributed by atoms with Crippen molar-refractivity contribution in [3.05, 3.63) is 106 Å². The van der Waals surface area contributed by atoms with Crippen LogP contribution < -0.4 is 15.6 Å². The Kier molecular flexibility index (Phi) is 4.21. The Morgan fingerprint density at radius 2 is 1.60 bits per heavy atom. The monoisotopic (exact) mass is 395 g/mol. The number of fused-ring (bicyclic) bond motifs is 2. The van der Waals surface area contributed by atoms with Crippen molar-refractivity contribution in [1.82, 2.24) is 4.57 Å². The topological polar surface area (TPSA) is 61.4 Å². The minimum atomic E-state index is -0.232. The Morgan fingerprint density at radius 1 is 0.833 bits per heavy atom. The van der Waals surface area contributed by atoms with Crippen LogP contribution in [0.3, 0.4) is 0 Å². The second-order valence-electron chi connectivity index (χ2n) is 6.93. The van der Waals surface area contributed by atoms with E-state index in [9.17, 15) is 9.59 Å². The normalized spacial score (nSPS) is 11.1. The predicted octanol–water partition coefficient (Wildman–Crippen LogP) is 4.77. The Hall–Kier alpha value is -4.12. The second kappa shape index (κ2) is 7.04. The van der Waals surface area contributed by atoms with Gasteiger partial charge in [-0.25, -0.2) is 0 Å². The summed E-state index contributed by atoms with van der Waals surface area (Å²) in [5, 5.41) is 0.957. The number of hydrogen-bond acceptors (Lipinski definition) is 4. The average molecular weight is 395 g/mol. The number of hydrogen-bond donors (Lipinski definition) is 0. The van der Waals surface area contributed by atoms with E-state index in [4.69, 9.17) is 9.15 Å². The third-order valence-electron chi connectivity index (χ3n) is 5.15. The highest BCUT2D eigenvalue weighted by molar-refractivity contribution is 5.86. The predicted molar refractivity (Wildman–Crippen MR) is 118 cm³/mol. The van der Waals surface area contributed by atoms with Crippen molar-refractivity contribution in [2.24, 2.45) is 0 Å². The molecule has 2 heterocycles. The van der Waals surface area contributed by atoms with E-state index in [0.717, 1.165) is 11.2 Å². The summed E-state index contributed by atoms with van der Waals surface area (Å²) in [5.41, 5.74) is 2.00. The lowest BCUT2D eigenvalue weighted by Gasteiger charge is -2.13. The summed E-state index contributed by atoms with van der Waals surface area (Å²) in [4.78, 5) is 26.0. The third kappa shape index (κ3) is 2.88. The van der Waals surface area contributed by atoms with E-state index in [-0.39, 0.29) is 16.6 Å². The Balaban J connectivity index is 1.82. The number of nitrogens with zero attached hydrogens (tertiary/aromatic N) is 1. The SMILES string of the molecule is COc1ccc2oc(-c3cn(-c4ccccc4)c4ccccc4c3=O)cc(=O)c2c1. The maximum atomic E-state index is 13.3. The van der Waals surface area contributed by atoms with Gasteiger partial charge in [-0.05, 0) is 42.5 Å². The zero-order valence-corrected chi connectivity index (χ0v) is 16.2. The molecule has 0 aliphatic carbocycles. The molecule has 0 fully saturated rings. The van der Waals surface area contributed by atoms with Crippen LogP contribution in [0.2, 0.25) is 0 Å². The number of benzene rings is 3. The maximum Gasteiger partial charge on any atom is 0.200 e. The zero-order chi connectivity index (χ0) is 20.7. The first kappa shape index (κ1) is 17.9. The van der Waals surface area contributed by atoms with Gasteiger partial charge in [0.25, 0.3) is 0 Å². The number of aromatic nitrogens is 1. The van der Waals surface area contributed by atoms with Crippen LogP contribution in [0, 0.1) is 0 Å². The summed E-state index contributed by atoms with van der Waals surface area (Å²) in [7, 11) is 1.54. The van der Waals surface area contributed by atoms with E-state index < -0.39 is 0 Å². The molecule has 0 saturated carbocycles. The van der Waals surface area contributed by atoms with Crippen LogP contribution in [-0.2, 0) is 0 Å². The number of para-hydroxylation sites is 2. The first-order chi connectivity index (χ1) is 14.7. The summed E-state index contributed by atoms with van der Waals surface area (Å²) in [6.07, 6.45) is 1.73. The minimum Gasteiger partial charge on any atom is -0.497 e. The zero-order valence-electron chi connectivity index (χ0n) is 16.2. The maximum absolute atomic E-state index is 13.3. The highest BCUT2D eigenvalue weighted by Crippen LogP contribution is 2.26. The van der Waals surface area contributed by atoms with Crippen LogP contribution in [0.5, 0.6) is 5.75 Å². The fraction of sp³-hybridized carbons (Fsp3) is 0.0400. The number of pyridine rings is 1. The Morgan fingerprint density at radius 3 is 2.40 bits per heavy atom. The quantitative estimate of drug-likeness (QED) is 0.441. The molecule has 5 rings (SSSR count). The number of methoxy groups -OCH3 is 1. The molecule has 0 atom stereocenters. The molecule has 5 aromatic rings. The van der Waals surface area contributed by atoms with Gasteiger partial charge in [0.15, 0.2) is 10.9 Å². The van der Waals surface area contributed by atoms with E-state index in [1.54, 1.807) is 30.5 Å². The molecule has 0 radical (unpaired) electrons. The van der Waals surface area contributed by atoms with Crippen LogP contribution in [-0.4, -0.2) is 11.7 Å². The summed E-state index contributed by atoms with van der Waals surface area (Å²) in [6, 6.07) is 23.5. The highest BCUT2D eigenvalue weighted by atomic mass is 16.5. The lowest BCUT2D eigenvalue weighted by molar-refractivity contribution is 0.415. The van der Waals surface area contributed by atoms with Crippen LogP contribution in [0.15, 0.2) is 99.1 Å². The van der Waals surface area contributed by atoms with E-state index in [1.807, 2.05) is 53.1 Å². The van der Waals surface area contributed by atoms with Gasteiger partial charge >= 0.3 is 0 Å². The van der Waals surface area contributed by atoms with Gasteiger partial charge in [-0.15, -0.1) is 0 Å². The van der Waals surface area contributed by atoms with Crippen molar-refractivity contribution in [2.75, 3.05) is 7.11 Å². The van der Waals surface area contributed by atoms with Crippen molar-refractivity contribution in [1.29, 1.82) is 0 Å². The molecule has 5 nitrogen and oxygen atoms in total. The van der Waals surface area contributed by atoms with Crippen molar-refractivity contribution in [3.8, 4) is 22.8 Å². The third-order valence-corrected chi connectivity index (χ3v) is 5.15. The minimum absolute atomic E-state index is 0.186. The standard InChI is InChI=1S/C25H17NO4/c1-29-17-11-12-23-19(13-17)22(27)14-24(30-23)20-15-26(16-7-3-2-4-8-16)21-10-6-5-9-18(21)25(20)28/h2-15H,1H3. The lowest BCUT2D eigenvalue weighted by atomic mass is 10.1. The van der Waals surface area contributed by atoms with Gasteiger partial charge in [-0.2, -0.15) is 0 Å². The largest absolute Gasteiger partial charge is 0.497 e. The fourth-order valence-electron chi connectivity index (χ4n) is 3.65. The first-order valence-electron chi connectivity index (χ1n) is 9.48. The molecule has 5 heteroatoms. The molecular formula is C25H17NO4. The molecule has 0 aliphatic rings. The highest BCUT2D eigenvalue weighted by Gasteiger charge is 2.15. The van der Waals surface area contributed by atoms with Gasteiger partial charge in [0.2, 0.25) is 0 Å². The van der Waals surface area contributed by atoms with E-state index in [1.165, 1.54) is 13.2 Å². The molecule has 30 heavy (non-hydrogen) atoms. The summed E-state index contributed by atoms with van der Waals surface area (Å²) in [5.74, 6) is 0.804. The van der Waals surface area contributed by atoms with Crippen LogP contribution in [0.1, 0.15) is 0 Å². The molecule has 0 bridgehead atoms. The Labute approximate surface area is 171 Å². The van der Waals surface area contributed by atoms with Crippen LogP contribution in [0.4, 0.5) is 0 Å². The van der Waals surface area contributed by atoms with Gasteiger partial charge in [0.1, 0.15) is 17.1 Å². The summed E-state index contributed by atoms with van der Waals surface area (Å²) < 4.78 is 13.1. The molecule has 0 spiro atoms. The first-order valence-corrected chi connectivity index (χ1v) is 9.48. The Bertz CT molecular complexity index is 1510. The molecule has 0 saturated heterocycles. The molecule has 146 valence electrons. The van der Waals surface area contributed by atoms with Crippen molar-refractivity contribution >= 4 is 21.9 Å².